The molecule has 2 aromatic carbocycles. The topological polar surface area (TPSA) is 80.2 Å². The molecule has 1 amide bonds. The SMILES string of the molecule is COCCOC(=O)C1=C(C)N=C2SCCCN2[C@H]1c1ccc(NC(=O)c2ccc(C)cc2)cc1. The number of carbonyl (C=O) groups is 2. The predicted octanol–water partition coefficient (Wildman–Crippen LogP) is 4.56. The number of ether oxygens (including phenoxy) is 2. The van der Waals surface area contributed by atoms with Crippen LogP contribution in [0, 0.1) is 6.92 Å². The number of hydrogen-bond acceptors (Lipinski definition) is 7. The van der Waals surface area contributed by atoms with Gasteiger partial charge in [0, 0.05) is 30.7 Å². The van der Waals surface area contributed by atoms with Crippen LogP contribution in [0.25, 0.3) is 0 Å². The summed E-state index contributed by atoms with van der Waals surface area (Å²) >= 11 is 1.71. The molecule has 1 fully saturated rings. The van der Waals surface area contributed by atoms with Gasteiger partial charge in [-0.3, -0.25) is 4.79 Å². The van der Waals surface area contributed by atoms with Gasteiger partial charge in [-0.2, -0.15) is 0 Å². The van der Waals surface area contributed by atoms with Crippen molar-refractivity contribution in [2.24, 2.45) is 4.99 Å². The van der Waals surface area contributed by atoms with Gasteiger partial charge in [0.2, 0.25) is 0 Å². The van der Waals surface area contributed by atoms with E-state index < -0.39 is 0 Å². The van der Waals surface area contributed by atoms with Crippen molar-refractivity contribution in [2.45, 2.75) is 26.3 Å². The normalized spacial score (nSPS) is 17.7. The fraction of sp³-hybridized carbons (Fsp3) is 0.346. The summed E-state index contributed by atoms with van der Waals surface area (Å²) in [5.74, 6) is 0.465. The molecule has 34 heavy (non-hydrogen) atoms. The van der Waals surface area contributed by atoms with Crippen molar-refractivity contribution in [3.05, 3.63) is 76.5 Å². The Kier molecular flexibility index (Phi) is 7.70. The third kappa shape index (κ3) is 5.34. The molecule has 2 heterocycles. The zero-order valence-electron chi connectivity index (χ0n) is 19.7. The number of nitrogens with one attached hydrogen (secondary N) is 1. The first-order chi connectivity index (χ1) is 16.5. The van der Waals surface area contributed by atoms with Crippen LogP contribution < -0.4 is 5.32 Å². The van der Waals surface area contributed by atoms with Gasteiger partial charge in [0.15, 0.2) is 5.17 Å². The molecule has 2 aliphatic rings. The second-order valence-corrected chi connectivity index (χ2v) is 9.32. The van der Waals surface area contributed by atoms with Crippen LogP contribution in [0.15, 0.2) is 64.8 Å². The average molecular weight is 480 g/mol. The summed E-state index contributed by atoms with van der Waals surface area (Å²) in [6.07, 6.45) is 1.01. The van der Waals surface area contributed by atoms with Crippen LogP contribution in [0.3, 0.4) is 0 Å². The minimum atomic E-state index is -0.380. The molecule has 0 saturated carbocycles. The third-order valence-corrected chi connectivity index (χ3v) is 6.87. The fourth-order valence-electron chi connectivity index (χ4n) is 4.03. The van der Waals surface area contributed by atoms with E-state index in [0.29, 0.717) is 29.1 Å². The molecule has 0 aromatic heterocycles. The van der Waals surface area contributed by atoms with Crippen LogP contribution in [0.4, 0.5) is 5.69 Å². The first kappa shape index (κ1) is 24.0. The molecule has 0 spiro atoms. The lowest BCUT2D eigenvalue weighted by Gasteiger charge is -2.40. The Bertz CT molecular complexity index is 1110. The van der Waals surface area contributed by atoms with Crippen molar-refractivity contribution < 1.29 is 19.1 Å². The van der Waals surface area contributed by atoms with Gasteiger partial charge in [-0.15, -0.1) is 0 Å². The zero-order valence-corrected chi connectivity index (χ0v) is 20.5. The Hall–Kier alpha value is -3.10. The van der Waals surface area contributed by atoms with E-state index in [1.807, 2.05) is 62.4 Å². The number of rotatable bonds is 7. The van der Waals surface area contributed by atoms with Gasteiger partial charge in [-0.1, -0.05) is 41.6 Å². The maximum atomic E-state index is 13.0. The Morgan fingerprint density at radius 2 is 1.82 bits per heavy atom. The van der Waals surface area contributed by atoms with E-state index in [2.05, 4.69) is 10.2 Å². The number of amides is 1. The number of methoxy groups -OCH3 is 1. The Morgan fingerprint density at radius 3 is 2.53 bits per heavy atom. The maximum Gasteiger partial charge on any atom is 0.338 e. The lowest BCUT2D eigenvalue weighted by atomic mass is 9.94. The summed E-state index contributed by atoms with van der Waals surface area (Å²) in [6, 6.07) is 14.8. The Labute approximate surface area is 204 Å². The van der Waals surface area contributed by atoms with E-state index in [4.69, 9.17) is 14.5 Å². The number of aryl methyl sites for hydroxylation is 1. The fourth-order valence-corrected chi connectivity index (χ4v) is 5.05. The van der Waals surface area contributed by atoms with Crippen molar-refractivity contribution in [3.63, 3.8) is 0 Å². The smallest absolute Gasteiger partial charge is 0.338 e. The summed E-state index contributed by atoms with van der Waals surface area (Å²) < 4.78 is 10.5. The molecule has 0 aliphatic carbocycles. The van der Waals surface area contributed by atoms with Gasteiger partial charge >= 0.3 is 5.97 Å². The number of aliphatic imine (C=N–C) groups is 1. The van der Waals surface area contributed by atoms with E-state index in [-0.39, 0.29) is 24.5 Å². The summed E-state index contributed by atoms with van der Waals surface area (Å²) in [5.41, 5.74) is 4.56. The quantitative estimate of drug-likeness (QED) is 0.463. The van der Waals surface area contributed by atoms with E-state index >= 15 is 0 Å². The first-order valence-electron chi connectivity index (χ1n) is 11.3. The second kappa shape index (κ2) is 10.9. The maximum absolute atomic E-state index is 13.0. The van der Waals surface area contributed by atoms with Crippen LogP contribution >= 0.6 is 11.8 Å². The van der Waals surface area contributed by atoms with Crippen molar-refractivity contribution >= 4 is 34.5 Å². The minimum Gasteiger partial charge on any atom is -0.460 e. The predicted molar refractivity (Wildman–Crippen MR) is 135 cm³/mol. The van der Waals surface area contributed by atoms with Crippen molar-refractivity contribution in [2.75, 3.05) is 37.9 Å². The van der Waals surface area contributed by atoms with Crippen LogP contribution in [-0.2, 0) is 14.3 Å². The van der Waals surface area contributed by atoms with Gasteiger partial charge < -0.3 is 19.7 Å². The van der Waals surface area contributed by atoms with Crippen molar-refractivity contribution in [1.29, 1.82) is 0 Å². The highest BCUT2D eigenvalue weighted by atomic mass is 32.2. The molecule has 4 rings (SSSR count). The molecule has 0 unspecified atom stereocenters. The van der Waals surface area contributed by atoms with Gasteiger partial charge in [0.1, 0.15) is 6.61 Å². The van der Waals surface area contributed by atoms with Gasteiger partial charge in [-0.05, 0) is 50.1 Å². The van der Waals surface area contributed by atoms with Crippen LogP contribution in [0.5, 0.6) is 0 Å². The highest BCUT2D eigenvalue weighted by molar-refractivity contribution is 8.13. The van der Waals surface area contributed by atoms with Crippen molar-refractivity contribution in [3.8, 4) is 0 Å². The van der Waals surface area contributed by atoms with Gasteiger partial charge in [0.05, 0.1) is 23.9 Å². The molecule has 8 heteroatoms. The number of benzene rings is 2. The number of hydrogen-bond donors (Lipinski definition) is 1. The Morgan fingerprint density at radius 1 is 1.09 bits per heavy atom. The highest BCUT2D eigenvalue weighted by Crippen LogP contribution is 2.40. The minimum absolute atomic E-state index is 0.162. The zero-order chi connectivity index (χ0) is 24.1. The number of allylic oxidation sites excluding steroid dienone is 1. The molecule has 2 aliphatic heterocycles. The molecule has 0 radical (unpaired) electrons. The van der Waals surface area contributed by atoms with E-state index in [1.54, 1.807) is 18.9 Å². The summed E-state index contributed by atoms with van der Waals surface area (Å²) in [5, 5.41) is 3.87. The third-order valence-electron chi connectivity index (χ3n) is 5.80. The van der Waals surface area contributed by atoms with Crippen LogP contribution in [0.1, 0.15) is 40.9 Å². The number of fused-ring (bicyclic) bond motifs is 1. The Balaban J connectivity index is 1.58. The molecular formula is C26H29N3O4S. The molecule has 0 bridgehead atoms. The lowest BCUT2D eigenvalue weighted by Crippen LogP contribution is -2.42. The molecule has 1 saturated heterocycles. The number of esters is 1. The monoisotopic (exact) mass is 479 g/mol. The van der Waals surface area contributed by atoms with Gasteiger partial charge in [-0.25, -0.2) is 9.79 Å². The number of thioether (sulfide) groups is 1. The summed E-state index contributed by atoms with van der Waals surface area (Å²) in [4.78, 5) is 32.5. The molecule has 178 valence electrons. The lowest BCUT2D eigenvalue weighted by molar-refractivity contribution is -0.141. The van der Waals surface area contributed by atoms with E-state index in [0.717, 1.165) is 35.0 Å². The van der Waals surface area contributed by atoms with Crippen LogP contribution in [0.2, 0.25) is 0 Å². The molecule has 1 N–H and O–H groups in total. The standard InChI is InChI=1S/C26H29N3O4S/c1-17-5-7-20(8-6-17)24(30)28-21-11-9-19(10-12-21)23-22(25(31)33-15-14-32-3)18(2)27-26-29(23)13-4-16-34-26/h5-12,23H,4,13-16H2,1-3H3,(H,28,30)/t23-/m0/s1. The van der Waals surface area contributed by atoms with E-state index in [9.17, 15) is 9.59 Å². The largest absolute Gasteiger partial charge is 0.460 e. The molecule has 2 aromatic rings. The average Bonchev–Trinajstić information content (AvgIpc) is 2.84. The van der Waals surface area contributed by atoms with E-state index in [1.165, 1.54) is 0 Å². The first-order valence-corrected chi connectivity index (χ1v) is 12.3. The summed E-state index contributed by atoms with van der Waals surface area (Å²) in [7, 11) is 1.57. The highest BCUT2D eigenvalue weighted by Gasteiger charge is 2.37. The molecule has 7 nitrogen and oxygen atoms in total. The van der Waals surface area contributed by atoms with Crippen molar-refractivity contribution in [1.82, 2.24) is 4.90 Å². The molecule has 1 atom stereocenters. The number of carbonyl (C=O) groups excluding carboxylic acids is 2. The molecular weight excluding hydrogens is 450 g/mol. The number of amidine groups is 1. The second-order valence-electron chi connectivity index (χ2n) is 8.26. The number of anilines is 1. The van der Waals surface area contributed by atoms with Crippen LogP contribution in [-0.4, -0.2) is 54.6 Å². The summed E-state index contributed by atoms with van der Waals surface area (Å²) in [6.45, 7) is 5.18. The van der Waals surface area contributed by atoms with Gasteiger partial charge in [0.25, 0.3) is 5.91 Å². The number of nitrogens with zero attached hydrogens (tertiary/aromatic N) is 2.